The SMILES string of the molecule is Cc1cc2cc(Cl)cc(C(C)C)c2o1. The van der Waals surface area contributed by atoms with E-state index in [4.69, 9.17) is 16.0 Å². The van der Waals surface area contributed by atoms with Crippen molar-refractivity contribution in [1.82, 2.24) is 0 Å². The summed E-state index contributed by atoms with van der Waals surface area (Å²) in [4.78, 5) is 0. The summed E-state index contributed by atoms with van der Waals surface area (Å²) in [7, 11) is 0. The minimum Gasteiger partial charge on any atom is -0.461 e. The Labute approximate surface area is 88.7 Å². The summed E-state index contributed by atoms with van der Waals surface area (Å²) in [5.74, 6) is 1.37. The van der Waals surface area contributed by atoms with Crippen molar-refractivity contribution >= 4 is 22.6 Å². The molecular weight excluding hydrogens is 196 g/mol. The van der Waals surface area contributed by atoms with E-state index in [0.717, 1.165) is 21.8 Å². The molecule has 2 aromatic rings. The molecule has 2 heteroatoms. The van der Waals surface area contributed by atoms with Crippen molar-refractivity contribution in [3.63, 3.8) is 0 Å². The molecule has 0 N–H and O–H groups in total. The zero-order valence-corrected chi connectivity index (χ0v) is 9.35. The molecular formula is C12H13ClO. The van der Waals surface area contributed by atoms with Gasteiger partial charge in [0.1, 0.15) is 11.3 Å². The third kappa shape index (κ3) is 1.53. The van der Waals surface area contributed by atoms with Gasteiger partial charge in [0, 0.05) is 10.4 Å². The molecule has 0 saturated carbocycles. The van der Waals surface area contributed by atoms with Crippen LogP contribution in [-0.4, -0.2) is 0 Å². The highest BCUT2D eigenvalue weighted by molar-refractivity contribution is 6.31. The number of hydrogen-bond donors (Lipinski definition) is 0. The van der Waals surface area contributed by atoms with E-state index in [1.54, 1.807) is 0 Å². The lowest BCUT2D eigenvalue weighted by Gasteiger charge is -2.06. The molecule has 0 atom stereocenters. The van der Waals surface area contributed by atoms with E-state index >= 15 is 0 Å². The first-order chi connectivity index (χ1) is 6.58. The zero-order chi connectivity index (χ0) is 10.3. The monoisotopic (exact) mass is 208 g/mol. The van der Waals surface area contributed by atoms with E-state index in [0.29, 0.717) is 5.92 Å². The molecule has 0 aliphatic heterocycles. The van der Waals surface area contributed by atoms with Gasteiger partial charge in [-0.1, -0.05) is 25.4 Å². The van der Waals surface area contributed by atoms with E-state index in [1.807, 2.05) is 25.1 Å². The van der Waals surface area contributed by atoms with Crippen LogP contribution in [0.2, 0.25) is 5.02 Å². The van der Waals surface area contributed by atoms with Crippen LogP contribution in [0.5, 0.6) is 0 Å². The largest absolute Gasteiger partial charge is 0.461 e. The topological polar surface area (TPSA) is 13.1 Å². The van der Waals surface area contributed by atoms with E-state index < -0.39 is 0 Å². The van der Waals surface area contributed by atoms with Gasteiger partial charge in [0.25, 0.3) is 0 Å². The fourth-order valence-electron chi connectivity index (χ4n) is 1.70. The lowest BCUT2D eigenvalue weighted by atomic mass is 10.0. The van der Waals surface area contributed by atoms with Gasteiger partial charge in [-0.15, -0.1) is 0 Å². The Balaban J connectivity index is 2.79. The lowest BCUT2D eigenvalue weighted by molar-refractivity contribution is 0.572. The van der Waals surface area contributed by atoms with E-state index in [1.165, 1.54) is 5.56 Å². The molecule has 74 valence electrons. The van der Waals surface area contributed by atoms with Gasteiger partial charge in [0.2, 0.25) is 0 Å². The van der Waals surface area contributed by atoms with Crippen molar-refractivity contribution in [3.8, 4) is 0 Å². The van der Waals surface area contributed by atoms with Gasteiger partial charge in [-0.25, -0.2) is 0 Å². The number of hydrogen-bond acceptors (Lipinski definition) is 1. The third-order valence-corrected chi connectivity index (χ3v) is 2.57. The average molecular weight is 209 g/mol. The van der Waals surface area contributed by atoms with Gasteiger partial charge < -0.3 is 4.42 Å². The smallest absolute Gasteiger partial charge is 0.137 e. The minimum absolute atomic E-state index is 0.432. The minimum atomic E-state index is 0.432. The van der Waals surface area contributed by atoms with Crippen LogP contribution in [0.4, 0.5) is 0 Å². The van der Waals surface area contributed by atoms with Gasteiger partial charge in [0.15, 0.2) is 0 Å². The highest BCUT2D eigenvalue weighted by atomic mass is 35.5. The summed E-state index contributed by atoms with van der Waals surface area (Å²) in [6, 6.07) is 5.95. The van der Waals surface area contributed by atoms with Crippen LogP contribution >= 0.6 is 11.6 Å². The highest BCUT2D eigenvalue weighted by Crippen LogP contribution is 2.31. The molecule has 1 nitrogen and oxygen atoms in total. The Hall–Kier alpha value is -0.950. The van der Waals surface area contributed by atoms with Crippen LogP contribution in [0.3, 0.4) is 0 Å². The number of furan rings is 1. The first kappa shape index (κ1) is 9.60. The second-order valence-corrected chi connectivity index (χ2v) is 4.36. The average Bonchev–Trinajstić information content (AvgIpc) is 2.42. The van der Waals surface area contributed by atoms with Gasteiger partial charge in [-0.05, 0) is 36.6 Å². The maximum Gasteiger partial charge on any atom is 0.137 e. The number of fused-ring (bicyclic) bond motifs is 1. The van der Waals surface area contributed by atoms with Crippen LogP contribution < -0.4 is 0 Å². The Morgan fingerprint density at radius 2 is 1.93 bits per heavy atom. The zero-order valence-electron chi connectivity index (χ0n) is 8.60. The number of rotatable bonds is 1. The first-order valence-electron chi connectivity index (χ1n) is 4.77. The summed E-state index contributed by atoms with van der Waals surface area (Å²) in [6.45, 7) is 6.24. The molecule has 0 aliphatic carbocycles. The van der Waals surface area contributed by atoms with E-state index in [2.05, 4.69) is 13.8 Å². The molecule has 1 aromatic carbocycles. The van der Waals surface area contributed by atoms with Crippen molar-refractivity contribution in [2.45, 2.75) is 26.7 Å². The fraction of sp³-hybridized carbons (Fsp3) is 0.333. The van der Waals surface area contributed by atoms with Crippen molar-refractivity contribution in [2.75, 3.05) is 0 Å². The molecule has 0 amide bonds. The quantitative estimate of drug-likeness (QED) is 0.672. The molecule has 0 unspecified atom stereocenters. The molecule has 0 spiro atoms. The summed E-state index contributed by atoms with van der Waals surface area (Å²) in [6.07, 6.45) is 0. The van der Waals surface area contributed by atoms with Crippen LogP contribution in [0.1, 0.15) is 31.1 Å². The molecule has 14 heavy (non-hydrogen) atoms. The predicted octanol–water partition coefficient (Wildman–Crippen LogP) is 4.52. The Morgan fingerprint density at radius 1 is 1.21 bits per heavy atom. The maximum atomic E-state index is 6.04. The molecule has 2 rings (SSSR count). The van der Waals surface area contributed by atoms with Crippen molar-refractivity contribution in [3.05, 3.63) is 34.5 Å². The van der Waals surface area contributed by atoms with E-state index in [9.17, 15) is 0 Å². The fourth-order valence-corrected chi connectivity index (χ4v) is 1.93. The molecule has 1 aromatic heterocycles. The third-order valence-electron chi connectivity index (χ3n) is 2.35. The van der Waals surface area contributed by atoms with Gasteiger partial charge in [-0.2, -0.15) is 0 Å². The van der Waals surface area contributed by atoms with Crippen molar-refractivity contribution < 1.29 is 4.42 Å². The highest BCUT2D eigenvalue weighted by Gasteiger charge is 2.10. The summed E-state index contributed by atoms with van der Waals surface area (Å²) in [5, 5.41) is 1.88. The predicted molar refractivity (Wildman–Crippen MR) is 60.1 cm³/mol. The van der Waals surface area contributed by atoms with Crippen molar-refractivity contribution in [2.24, 2.45) is 0 Å². The summed E-state index contributed by atoms with van der Waals surface area (Å²) < 4.78 is 5.66. The molecule has 0 aliphatic rings. The molecule has 0 fully saturated rings. The molecule has 1 heterocycles. The number of halogens is 1. The van der Waals surface area contributed by atoms with E-state index in [-0.39, 0.29) is 0 Å². The second-order valence-electron chi connectivity index (χ2n) is 3.93. The van der Waals surface area contributed by atoms with Crippen LogP contribution in [0, 0.1) is 6.92 Å². The lowest BCUT2D eigenvalue weighted by Crippen LogP contribution is -1.87. The normalized spacial score (nSPS) is 11.5. The number of benzene rings is 1. The Kier molecular flexibility index (Phi) is 2.28. The Morgan fingerprint density at radius 3 is 2.57 bits per heavy atom. The van der Waals surface area contributed by atoms with Crippen molar-refractivity contribution in [1.29, 1.82) is 0 Å². The van der Waals surface area contributed by atoms with Crippen LogP contribution in [-0.2, 0) is 0 Å². The van der Waals surface area contributed by atoms with Crippen LogP contribution in [0.25, 0.3) is 11.0 Å². The van der Waals surface area contributed by atoms with Gasteiger partial charge in [-0.3, -0.25) is 0 Å². The van der Waals surface area contributed by atoms with Gasteiger partial charge >= 0.3 is 0 Å². The standard InChI is InChI=1S/C12H13ClO/c1-7(2)11-6-10(13)5-9-4-8(3)14-12(9)11/h4-7H,1-3H3. The summed E-state index contributed by atoms with van der Waals surface area (Å²) in [5.41, 5.74) is 2.16. The molecule has 0 saturated heterocycles. The maximum absolute atomic E-state index is 6.04. The second kappa shape index (κ2) is 3.32. The van der Waals surface area contributed by atoms with Crippen LogP contribution in [0.15, 0.2) is 22.6 Å². The molecule has 0 radical (unpaired) electrons. The first-order valence-corrected chi connectivity index (χ1v) is 5.15. The van der Waals surface area contributed by atoms with Gasteiger partial charge in [0.05, 0.1) is 0 Å². The Bertz CT molecular complexity index is 468. The number of aryl methyl sites for hydroxylation is 1. The molecule has 0 bridgehead atoms. The summed E-state index contributed by atoms with van der Waals surface area (Å²) >= 11 is 6.04.